The van der Waals surface area contributed by atoms with Gasteiger partial charge in [0.15, 0.2) is 5.82 Å². The number of rotatable bonds is 3. The van der Waals surface area contributed by atoms with Gasteiger partial charge in [0.2, 0.25) is 0 Å². The molecule has 0 aliphatic carbocycles. The van der Waals surface area contributed by atoms with Crippen LogP contribution in [0, 0.1) is 0 Å². The smallest absolute Gasteiger partial charge is 0.258 e. The molecular formula is C13H17N5O. The number of nitrogens with zero attached hydrogens (tertiary/aromatic N) is 4. The van der Waals surface area contributed by atoms with E-state index in [0.717, 1.165) is 43.1 Å². The van der Waals surface area contributed by atoms with Gasteiger partial charge in [-0.15, -0.1) is 0 Å². The van der Waals surface area contributed by atoms with E-state index in [0.29, 0.717) is 5.89 Å². The summed E-state index contributed by atoms with van der Waals surface area (Å²) in [5, 5.41) is 3.91. The summed E-state index contributed by atoms with van der Waals surface area (Å²) in [6, 6.07) is 4.10. The van der Waals surface area contributed by atoms with Crippen molar-refractivity contribution in [3.05, 3.63) is 24.2 Å². The molecule has 0 radical (unpaired) electrons. The van der Waals surface area contributed by atoms with Crippen LogP contribution in [0.5, 0.6) is 0 Å². The molecule has 0 amide bonds. The summed E-state index contributed by atoms with van der Waals surface area (Å²) in [7, 11) is 0. The number of hydrogen-bond acceptors (Lipinski definition) is 6. The normalized spacial score (nSPS) is 19.1. The summed E-state index contributed by atoms with van der Waals surface area (Å²) in [4.78, 5) is 10.9. The van der Waals surface area contributed by atoms with Gasteiger partial charge in [-0.3, -0.25) is 0 Å². The Morgan fingerprint density at radius 1 is 1.53 bits per heavy atom. The van der Waals surface area contributed by atoms with E-state index in [4.69, 9.17) is 10.3 Å². The number of pyridine rings is 1. The molecule has 1 saturated heterocycles. The summed E-state index contributed by atoms with van der Waals surface area (Å²) in [6.07, 6.45) is 3.54. The minimum Gasteiger partial charge on any atom is -0.355 e. The predicted octanol–water partition coefficient (Wildman–Crippen LogP) is 1.23. The molecule has 1 atom stereocenters. The molecule has 0 saturated carbocycles. The van der Waals surface area contributed by atoms with Crippen molar-refractivity contribution in [2.24, 2.45) is 5.73 Å². The maximum atomic E-state index is 5.92. The van der Waals surface area contributed by atoms with Crippen LogP contribution in [0.25, 0.3) is 11.5 Å². The highest BCUT2D eigenvalue weighted by atomic mass is 16.5. The topological polar surface area (TPSA) is 81.1 Å². The largest absolute Gasteiger partial charge is 0.355 e. The van der Waals surface area contributed by atoms with Gasteiger partial charge < -0.3 is 15.2 Å². The minimum atomic E-state index is 0.237. The van der Waals surface area contributed by atoms with E-state index in [1.54, 1.807) is 6.20 Å². The van der Waals surface area contributed by atoms with Crippen molar-refractivity contribution in [1.82, 2.24) is 15.1 Å². The molecule has 2 aromatic rings. The Kier molecular flexibility index (Phi) is 3.16. The molecule has 2 aromatic heterocycles. The van der Waals surface area contributed by atoms with Crippen molar-refractivity contribution in [3.8, 4) is 11.5 Å². The Hall–Kier alpha value is -1.95. The zero-order valence-corrected chi connectivity index (χ0v) is 10.9. The monoisotopic (exact) mass is 259 g/mol. The standard InChI is InChI=1S/C13H17N5O/c1-2-11-16-13(19-17-11)9-3-5-15-12(7-9)18-6-4-10(14)8-18/h3,5,7,10H,2,4,6,8,14H2,1H3. The summed E-state index contributed by atoms with van der Waals surface area (Å²) in [5.41, 5.74) is 6.82. The average Bonchev–Trinajstić information content (AvgIpc) is 3.07. The van der Waals surface area contributed by atoms with Crippen molar-refractivity contribution in [2.45, 2.75) is 25.8 Å². The summed E-state index contributed by atoms with van der Waals surface area (Å²) >= 11 is 0. The first kappa shape index (κ1) is 12.1. The molecule has 0 aromatic carbocycles. The van der Waals surface area contributed by atoms with E-state index in [9.17, 15) is 0 Å². The molecule has 1 unspecified atom stereocenters. The van der Waals surface area contributed by atoms with Crippen LogP contribution in [-0.2, 0) is 6.42 Å². The van der Waals surface area contributed by atoms with E-state index in [-0.39, 0.29) is 6.04 Å². The fourth-order valence-electron chi connectivity index (χ4n) is 2.23. The Morgan fingerprint density at radius 2 is 2.42 bits per heavy atom. The van der Waals surface area contributed by atoms with Gasteiger partial charge in [0.1, 0.15) is 5.82 Å². The molecule has 6 nitrogen and oxygen atoms in total. The molecule has 1 fully saturated rings. The van der Waals surface area contributed by atoms with E-state index >= 15 is 0 Å². The van der Waals surface area contributed by atoms with E-state index in [2.05, 4.69) is 20.0 Å². The summed E-state index contributed by atoms with van der Waals surface area (Å²) < 4.78 is 5.25. The predicted molar refractivity (Wildman–Crippen MR) is 71.7 cm³/mol. The van der Waals surface area contributed by atoms with Gasteiger partial charge in [0, 0.05) is 37.3 Å². The Morgan fingerprint density at radius 3 is 3.11 bits per heavy atom. The molecule has 1 aliphatic heterocycles. The molecule has 3 heterocycles. The van der Waals surface area contributed by atoms with Crippen LogP contribution in [0.15, 0.2) is 22.9 Å². The van der Waals surface area contributed by atoms with Crippen LogP contribution >= 0.6 is 0 Å². The van der Waals surface area contributed by atoms with Gasteiger partial charge in [-0.1, -0.05) is 12.1 Å². The first-order valence-corrected chi connectivity index (χ1v) is 6.56. The molecule has 6 heteroatoms. The van der Waals surface area contributed by atoms with Crippen molar-refractivity contribution >= 4 is 5.82 Å². The SMILES string of the molecule is CCc1noc(-c2ccnc(N3CCC(N)C3)c2)n1. The second kappa shape index (κ2) is 4.97. The maximum absolute atomic E-state index is 5.92. The van der Waals surface area contributed by atoms with Crippen LogP contribution < -0.4 is 10.6 Å². The van der Waals surface area contributed by atoms with Gasteiger partial charge >= 0.3 is 0 Å². The van der Waals surface area contributed by atoms with E-state index in [1.165, 1.54) is 0 Å². The van der Waals surface area contributed by atoms with Gasteiger partial charge in [0.05, 0.1) is 0 Å². The highest BCUT2D eigenvalue weighted by Gasteiger charge is 2.21. The second-order valence-electron chi connectivity index (χ2n) is 4.77. The van der Waals surface area contributed by atoms with Crippen molar-refractivity contribution in [2.75, 3.05) is 18.0 Å². The first-order valence-electron chi connectivity index (χ1n) is 6.56. The number of nitrogens with two attached hydrogens (primary N) is 1. The maximum Gasteiger partial charge on any atom is 0.258 e. The van der Waals surface area contributed by atoms with Crippen molar-refractivity contribution < 1.29 is 4.52 Å². The number of anilines is 1. The highest BCUT2D eigenvalue weighted by Crippen LogP contribution is 2.23. The lowest BCUT2D eigenvalue weighted by Crippen LogP contribution is -2.26. The molecule has 1 aliphatic rings. The molecule has 100 valence electrons. The Labute approximate surface area is 111 Å². The van der Waals surface area contributed by atoms with Crippen LogP contribution in [0.4, 0.5) is 5.82 Å². The fraction of sp³-hybridized carbons (Fsp3) is 0.462. The third-order valence-corrected chi connectivity index (χ3v) is 3.33. The highest BCUT2D eigenvalue weighted by molar-refractivity contribution is 5.59. The first-order chi connectivity index (χ1) is 9.26. The molecular weight excluding hydrogens is 242 g/mol. The van der Waals surface area contributed by atoms with Crippen LogP contribution in [0.2, 0.25) is 0 Å². The third kappa shape index (κ3) is 2.44. The molecule has 19 heavy (non-hydrogen) atoms. The zero-order valence-electron chi connectivity index (χ0n) is 10.9. The van der Waals surface area contributed by atoms with Gasteiger partial charge in [0.25, 0.3) is 5.89 Å². The molecule has 0 spiro atoms. The summed E-state index contributed by atoms with van der Waals surface area (Å²) in [6.45, 7) is 3.79. The van der Waals surface area contributed by atoms with Crippen LogP contribution in [0.1, 0.15) is 19.2 Å². The van der Waals surface area contributed by atoms with Gasteiger partial charge in [-0.25, -0.2) is 4.98 Å². The lowest BCUT2D eigenvalue weighted by molar-refractivity contribution is 0.423. The number of aromatic nitrogens is 3. The zero-order chi connectivity index (χ0) is 13.2. The summed E-state index contributed by atoms with van der Waals surface area (Å²) in [5.74, 6) is 2.18. The molecule has 0 bridgehead atoms. The lowest BCUT2D eigenvalue weighted by atomic mass is 10.2. The molecule has 2 N–H and O–H groups in total. The number of hydrogen-bond donors (Lipinski definition) is 1. The Bertz CT molecular complexity index is 568. The van der Waals surface area contributed by atoms with Crippen molar-refractivity contribution in [3.63, 3.8) is 0 Å². The van der Waals surface area contributed by atoms with Gasteiger partial charge in [-0.2, -0.15) is 4.98 Å². The number of aryl methyl sites for hydroxylation is 1. The van der Waals surface area contributed by atoms with Crippen molar-refractivity contribution in [1.29, 1.82) is 0 Å². The van der Waals surface area contributed by atoms with E-state index in [1.807, 2.05) is 19.1 Å². The van der Waals surface area contributed by atoms with Crippen LogP contribution in [-0.4, -0.2) is 34.3 Å². The average molecular weight is 259 g/mol. The van der Waals surface area contributed by atoms with E-state index < -0.39 is 0 Å². The molecule has 3 rings (SSSR count). The van der Waals surface area contributed by atoms with Crippen LogP contribution in [0.3, 0.4) is 0 Å². The second-order valence-corrected chi connectivity index (χ2v) is 4.77. The minimum absolute atomic E-state index is 0.237. The third-order valence-electron chi connectivity index (χ3n) is 3.33. The fourth-order valence-corrected chi connectivity index (χ4v) is 2.23. The quantitative estimate of drug-likeness (QED) is 0.893. The lowest BCUT2D eigenvalue weighted by Gasteiger charge is -2.16. The Balaban J connectivity index is 1.87. The van der Waals surface area contributed by atoms with Gasteiger partial charge in [-0.05, 0) is 18.6 Å².